The molecule has 1 atom stereocenters. The zero-order valence-electron chi connectivity index (χ0n) is 11.0. The number of carbonyl (C=O) groups excluding carboxylic acids is 1. The maximum Gasteiger partial charge on any atom is 0.229 e. The number of anilines is 1. The van der Waals surface area contributed by atoms with Crippen molar-refractivity contribution < 1.29 is 4.79 Å². The van der Waals surface area contributed by atoms with Crippen molar-refractivity contribution in [3.05, 3.63) is 24.4 Å². The quantitative estimate of drug-likeness (QED) is 0.911. The number of hydrogen-bond donors (Lipinski definition) is 1. The second kappa shape index (κ2) is 6.38. The van der Waals surface area contributed by atoms with Gasteiger partial charge in [0.1, 0.15) is 5.69 Å². The molecule has 2 aromatic heterocycles. The van der Waals surface area contributed by atoms with Crippen LogP contribution in [0.4, 0.5) is 5.13 Å². The van der Waals surface area contributed by atoms with Crippen molar-refractivity contribution in [1.82, 2.24) is 15.2 Å². The Morgan fingerprint density at radius 3 is 2.95 bits per heavy atom. The van der Waals surface area contributed by atoms with Gasteiger partial charge < -0.3 is 5.32 Å². The monoisotopic (exact) mass is 276 g/mol. The van der Waals surface area contributed by atoms with Crippen LogP contribution >= 0.6 is 11.3 Å². The first-order chi connectivity index (χ1) is 9.20. The van der Waals surface area contributed by atoms with Gasteiger partial charge in [0.25, 0.3) is 0 Å². The Kier molecular flexibility index (Phi) is 4.57. The minimum atomic E-state index is -0.00873. The average Bonchev–Trinajstić information content (AvgIpc) is 2.88. The molecule has 0 saturated carbocycles. The fraction of sp³-hybridized carbons (Fsp3) is 0.385. The van der Waals surface area contributed by atoms with E-state index in [-0.39, 0.29) is 11.8 Å². The maximum atomic E-state index is 11.9. The van der Waals surface area contributed by atoms with Crippen LogP contribution in [-0.4, -0.2) is 21.1 Å². The molecule has 1 N–H and O–H groups in total. The predicted molar refractivity (Wildman–Crippen MR) is 75.8 cm³/mol. The van der Waals surface area contributed by atoms with Crippen molar-refractivity contribution in [3.63, 3.8) is 0 Å². The third-order valence-corrected chi connectivity index (χ3v) is 3.57. The molecule has 0 bridgehead atoms. The van der Waals surface area contributed by atoms with Gasteiger partial charge in [-0.25, -0.2) is 0 Å². The van der Waals surface area contributed by atoms with E-state index >= 15 is 0 Å². The molecule has 0 spiro atoms. The van der Waals surface area contributed by atoms with E-state index in [1.54, 1.807) is 6.20 Å². The molecule has 2 heterocycles. The Bertz CT molecular complexity index is 541. The van der Waals surface area contributed by atoms with Gasteiger partial charge >= 0.3 is 0 Å². The summed E-state index contributed by atoms with van der Waals surface area (Å²) in [6, 6.07) is 5.61. The molecule has 0 aliphatic heterocycles. The SMILES string of the molecule is CCC[C@@H](C)C(=O)Nc1nnc(-c2ccccn2)s1. The average molecular weight is 276 g/mol. The zero-order chi connectivity index (χ0) is 13.7. The lowest BCUT2D eigenvalue weighted by atomic mass is 10.1. The van der Waals surface area contributed by atoms with Gasteiger partial charge in [-0.15, -0.1) is 10.2 Å². The first kappa shape index (κ1) is 13.6. The molecular weight excluding hydrogens is 260 g/mol. The number of amides is 1. The second-order valence-corrected chi connectivity index (χ2v) is 5.28. The topological polar surface area (TPSA) is 67.8 Å². The molecule has 0 fully saturated rings. The van der Waals surface area contributed by atoms with E-state index < -0.39 is 0 Å². The van der Waals surface area contributed by atoms with E-state index in [2.05, 4.69) is 27.4 Å². The lowest BCUT2D eigenvalue weighted by Crippen LogP contribution is -2.20. The molecular formula is C13H16N4OS. The van der Waals surface area contributed by atoms with E-state index in [4.69, 9.17) is 0 Å². The van der Waals surface area contributed by atoms with Gasteiger partial charge in [-0.05, 0) is 18.6 Å². The zero-order valence-corrected chi connectivity index (χ0v) is 11.8. The van der Waals surface area contributed by atoms with Gasteiger partial charge in [0.2, 0.25) is 11.0 Å². The Morgan fingerprint density at radius 1 is 1.42 bits per heavy atom. The summed E-state index contributed by atoms with van der Waals surface area (Å²) in [5.74, 6) is -0.0160. The minimum Gasteiger partial charge on any atom is -0.300 e. The van der Waals surface area contributed by atoms with Crippen molar-refractivity contribution in [2.75, 3.05) is 5.32 Å². The summed E-state index contributed by atoms with van der Waals surface area (Å²) in [6.45, 7) is 3.98. The van der Waals surface area contributed by atoms with Crippen LogP contribution < -0.4 is 5.32 Å². The predicted octanol–water partition coefficient (Wildman–Crippen LogP) is 2.97. The van der Waals surface area contributed by atoms with Crippen molar-refractivity contribution in [2.45, 2.75) is 26.7 Å². The summed E-state index contributed by atoms with van der Waals surface area (Å²) in [6.07, 6.45) is 3.57. The lowest BCUT2D eigenvalue weighted by Gasteiger charge is -2.07. The van der Waals surface area contributed by atoms with Crippen LogP contribution in [0.1, 0.15) is 26.7 Å². The van der Waals surface area contributed by atoms with Crippen LogP contribution in [0.15, 0.2) is 24.4 Å². The Hall–Kier alpha value is -1.82. The molecule has 19 heavy (non-hydrogen) atoms. The Balaban J connectivity index is 2.04. The molecule has 0 aliphatic carbocycles. The highest BCUT2D eigenvalue weighted by Crippen LogP contribution is 2.24. The van der Waals surface area contributed by atoms with Gasteiger partial charge in [0.05, 0.1) is 0 Å². The van der Waals surface area contributed by atoms with Gasteiger partial charge in [-0.3, -0.25) is 9.78 Å². The summed E-state index contributed by atoms with van der Waals surface area (Å²) in [5, 5.41) is 12.0. The summed E-state index contributed by atoms with van der Waals surface area (Å²) in [5.41, 5.74) is 0.766. The molecule has 0 aromatic carbocycles. The molecule has 6 heteroatoms. The normalized spacial score (nSPS) is 12.1. The van der Waals surface area contributed by atoms with Crippen LogP contribution in [0.2, 0.25) is 0 Å². The van der Waals surface area contributed by atoms with E-state index in [0.717, 1.165) is 18.5 Å². The van der Waals surface area contributed by atoms with E-state index in [1.165, 1.54) is 11.3 Å². The van der Waals surface area contributed by atoms with Gasteiger partial charge in [0.15, 0.2) is 5.01 Å². The van der Waals surface area contributed by atoms with Crippen LogP contribution in [0.3, 0.4) is 0 Å². The highest BCUT2D eigenvalue weighted by molar-refractivity contribution is 7.18. The number of nitrogens with one attached hydrogen (secondary N) is 1. The fourth-order valence-electron chi connectivity index (χ4n) is 1.66. The Morgan fingerprint density at radius 2 is 2.26 bits per heavy atom. The van der Waals surface area contributed by atoms with Crippen molar-refractivity contribution in [3.8, 4) is 10.7 Å². The molecule has 100 valence electrons. The van der Waals surface area contributed by atoms with Crippen LogP contribution in [0.5, 0.6) is 0 Å². The standard InChI is InChI=1S/C13H16N4OS/c1-3-6-9(2)11(18)15-13-17-16-12(19-13)10-7-4-5-8-14-10/h4-5,7-9H,3,6H2,1-2H3,(H,15,17,18)/t9-/m1/s1. The molecule has 5 nitrogen and oxygen atoms in total. The summed E-state index contributed by atoms with van der Waals surface area (Å²) < 4.78 is 0. The van der Waals surface area contributed by atoms with Gasteiger partial charge in [0, 0.05) is 12.1 Å². The summed E-state index contributed by atoms with van der Waals surface area (Å²) >= 11 is 1.33. The van der Waals surface area contributed by atoms with E-state index in [1.807, 2.05) is 25.1 Å². The van der Waals surface area contributed by atoms with E-state index in [9.17, 15) is 4.79 Å². The van der Waals surface area contributed by atoms with Crippen LogP contribution in [-0.2, 0) is 4.79 Å². The number of aromatic nitrogens is 3. The molecule has 0 aliphatic rings. The van der Waals surface area contributed by atoms with Gasteiger partial charge in [-0.2, -0.15) is 0 Å². The molecule has 2 aromatic rings. The number of pyridine rings is 1. The maximum absolute atomic E-state index is 11.9. The van der Waals surface area contributed by atoms with Crippen molar-refractivity contribution in [1.29, 1.82) is 0 Å². The Labute approximate surface area is 116 Å². The van der Waals surface area contributed by atoms with Gasteiger partial charge in [-0.1, -0.05) is 37.7 Å². The van der Waals surface area contributed by atoms with Crippen LogP contribution in [0.25, 0.3) is 10.7 Å². The number of hydrogen-bond acceptors (Lipinski definition) is 5. The largest absolute Gasteiger partial charge is 0.300 e. The molecule has 2 rings (SSSR count). The lowest BCUT2D eigenvalue weighted by molar-refractivity contribution is -0.119. The highest BCUT2D eigenvalue weighted by atomic mass is 32.1. The molecule has 0 saturated heterocycles. The summed E-state index contributed by atoms with van der Waals surface area (Å²) in [7, 11) is 0. The fourth-order valence-corrected chi connectivity index (χ4v) is 2.38. The first-order valence-electron chi connectivity index (χ1n) is 6.26. The van der Waals surface area contributed by atoms with Crippen molar-refractivity contribution >= 4 is 22.4 Å². The number of nitrogens with zero attached hydrogens (tertiary/aromatic N) is 3. The molecule has 0 radical (unpaired) electrons. The number of carbonyl (C=O) groups is 1. The molecule has 0 unspecified atom stereocenters. The second-order valence-electron chi connectivity index (χ2n) is 4.31. The smallest absolute Gasteiger partial charge is 0.229 e. The van der Waals surface area contributed by atoms with Crippen LogP contribution in [0, 0.1) is 5.92 Å². The number of rotatable bonds is 5. The first-order valence-corrected chi connectivity index (χ1v) is 7.08. The molecule has 1 amide bonds. The highest BCUT2D eigenvalue weighted by Gasteiger charge is 2.15. The van der Waals surface area contributed by atoms with Crippen molar-refractivity contribution in [2.24, 2.45) is 5.92 Å². The minimum absolute atomic E-state index is 0.00722. The van der Waals surface area contributed by atoms with E-state index in [0.29, 0.717) is 10.1 Å². The third kappa shape index (κ3) is 3.57. The summed E-state index contributed by atoms with van der Waals surface area (Å²) in [4.78, 5) is 16.1. The third-order valence-electron chi connectivity index (χ3n) is 2.71.